The number of nitrogens with two attached hydrogens (primary N) is 2. The third-order valence-electron chi connectivity index (χ3n) is 3.88. The second kappa shape index (κ2) is 9.52. The Bertz CT molecular complexity index is 674. The Morgan fingerprint density at radius 3 is 2.46 bits per heavy atom. The van der Waals surface area contributed by atoms with Crippen molar-refractivity contribution in [2.24, 2.45) is 16.5 Å². The van der Waals surface area contributed by atoms with Gasteiger partial charge in [-0.25, -0.2) is 0 Å². The Labute approximate surface area is 155 Å². The number of hydrogen-bond donors (Lipinski definition) is 2. The van der Waals surface area contributed by atoms with Gasteiger partial charge in [-0.2, -0.15) is 0 Å². The zero-order chi connectivity index (χ0) is 15.4. The summed E-state index contributed by atoms with van der Waals surface area (Å²) in [6.45, 7) is 1.30. The quantitative estimate of drug-likeness (QED) is 0.796. The summed E-state index contributed by atoms with van der Waals surface area (Å²) in [5.41, 5.74) is 15.0. The van der Waals surface area contributed by atoms with Crippen LogP contribution in [-0.2, 0) is 6.42 Å². The van der Waals surface area contributed by atoms with Crippen molar-refractivity contribution in [2.45, 2.75) is 18.9 Å². The summed E-state index contributed by atoms with van der Waals surface area (Å²) < 4.78 is 5.63. The first-order valence-electron chi connectivity index (χ1n) is 7.62. The maximum atomic E-state index is 6.10. The van der Waals surface area contributed by atoms with Gasteiger partial charge >= 0.3 is 0 Å². The molecule has 4 N–H and O–H groups in total. The van der Waals surface area contributed by atoms with Gasteiger partial charge in [-0.15, -0.1) is 24.8 Å². The summed E-state index contributed by atoms with van der Waals surface area (Å²) in [4.78, 5) is 4.64. The van der Waals surface area contributed by atoms with Crippen molar-refractivity contribution in [2.75, 3.05) is 13.2 Å². The number of benzene rings is 2. The van der Waals surface area contributed by atoms with Crippen LogP contribution in [0.3, 0.4) is 0 Å². The number of halogens is 2. The van der Waals surface area contributed by atoms with Crippen LogP contribution >= 0.6 is 24.8 Å². The predicted octanol–water partition coefficient (Wildman–Crippen LogP) is 3.26. The standard InChI is InChI=1S/C18H21N3O.2ClH/c19-10-3-11-22-15-8-6-13(7-9-15)17-12-14-4-1-2-5-16(14)18(20)21-17;;/h1-2,4-9,17H,3,10-12,19H2,(H2,20,21);2*1H. The van der Waals surface area contributed by atoms with E-state index in [9.17, 15) is 0 Å². The molecule has 24 heavy (non-hydrogen) atoms. The van der Waals surface area contributed by atoms with Crippen molar-refractivity contribution >= 4 is 30.6 Å². The number of amidine groups is 1. The van der Waals surface area contributed by atoms with Crippen LogP contribution in [0.2, 0.25) is 0 Å². The lowest BCUT2D eigenvalue weighted by atomic mass is 9.92. The Morgan fingerprint density at radius 1 is 1.04 bits per heavy atom. The van der Waals surface area contributed by atoms with Crippen LogP contribution < -0.4 is 16.2 Å². The largest absolute Gasteiger partial charge is 0.494 e. The molecule has 0 spiro atoms. The number of ether oxygens (including phenoxy) is 1. The van der Waals surface area contributed by atoms with Gasteiger partial charge in [-0.05, 0) is 42.6 Å². The molecule has 1 aliphatic heterocycles. The average molecular weight is 368 g/mol. The van der Waals surface area contributed by atoms with Crippen molar-refractivity contribution in [3.8, 4) is 5.75 Å². The zero-order valence-electron chi connectivity index (χ0n) is 13.4. The molecule has 1 unspecified atom stereocenters. The van der Waals surface area contributed by atoms with Gasteiger partial charge in [-0.3, -0.25) is 4.99 Å². The van der Waals surface area contributed by atoms with Gasteiger partial charge in [0.2, 0.25) is 0 Å². The van der Waals surface area contributed by atoms with E-state index in [1.807, 2.05) is 30.3 Å². The van der Waals surface area contributed by atoms with E-state index in [4.69, 9.17) is 16.2 Å². The molecule has 4 nitrogen and oxygen atoms in total. The van der Waals surface area contributed by atoms with E-state index in [0.29, 0.717) is 19.0 Å². The molecule has 0 aliphatic carbocycles. The van der Waals surface area contributed by atoms with Gasteiger partial charge < -0.3 is 16.2 Å². The highest BCUT2D eigenvalue weighted by molar-refractivity contribution is 5.99. The predicted molar refractivity (Wildman–Crippen MR) is 104 cm³/mol. The summed E-state index contributed by atoms with van der Waals surface area (Å²) in [6.07, 6.45) is 1.74. The van der Waals surface area contributed by atoms with Crippen LogP contribution in [0.1, 0.15) is 29.2 Å². The second-order valence-corrected chi connectivity index (χ2v) is 5.45. The molecule has 1 heterocycles. The van der Waals surface area contributed by atoms with E-state index in [0.717, 1.165) is 29.7 Å². The van der Waals surface area contributed by atoms with E-state index in [2.05, 4.69) is 23.2 Å². The number of rotatable bonds is 5. The molecule has 0 saturated heterocycles. The molecule has 0 amide bonds. The van der Waals surface area contributed by atoms with Gasteiger partial charge in [0.1, 0.15) is 11.6 Å². The normalized spacial score (nSPS) is 15.4. The number of hydrogen-bond acceptors (Lipinski definition) is 4. The highest BCUT2D eigenvalue weighted by Crippen LogP contribution is 2.29. The van der Waals surface area contributed by atoms with Crippen molar-refractivity contribution in [1.82, 2.24) is 0 Å². The molecule has 2 aromatic carbocycles. The van der Waals surface area contributed by atoms with Gasteiger partial charge in [0, 0.05) is 5.56 Å². The van der Waals surface area contributed by atoms with Crippen LogP contribution in [0.25, 0.3) is 0 Å². The number of aliphatic imine (C=N–C) groups is 1. The van der Waals surface area contributed by atoms with Crippen molar-refractivity contribution in [3.05, 3.63) is 65.2 Å². The summed E-state index contributed by atoms with van der Waals surface area (Å²) in [5.74, 6) is 1.49. The topological polar surface area (TPSA) is 73.6 Å². The molecule has 130 valence electrons. The van der Waals surface area contributed by atoms with Crippen LogP contribution in [0.4, 0.5) is 0 Å². The average Bonchev–Trinajstić information content (AvgIpc) is 2.56. The molecule has 0 aromatic heterocycles. The molecule has 1 atom stereocenters. The molecule has 3 rings (SSSR count). The third kappa shape index (κ3) is 4.63. The zero-order valence-corrected chi connectivity index (χ0v) is 15.0. The van der Waals surface area contributed by atoms with Gasteiger partial charge in [0.05, 0.1) is 12.6 Å². The van der Waals surface area contributed by atoms with Crippen molar-refractivity contribution in [1.29, 1.82) is 0 Å². The van der Waals surface area contributed by atoms with Crippen LogP contribution in [0.15, 0.2) is 53.5 Å². The lowest BCUT2D eigenvalue weighted by Crippen LogP contribution is -2.22. The van der Waals surface area contributed by atoms with E-state index in [1.54, 1.807) is 0 Å². The van der Waals surface area contributed by atoms with Gasteiger partial charge in [0.15, 0.2) is 0 Å². The van der Waals surface area contributed by atoms with E-state index < -0.39 is 0 Å². The Morgan fingerprint density at radius 2 is 1.75 bits per heavy atom. The molecule has 2 aromatic rings. The summed E-state index contributed by atoms with van der Waals surface area (Å²) in [5, 5.41) is 0. The minimum Gasteiger partial charge on any atom is -0.494 e. The van der Waals surface area contributed by atoms with Crippen LogP contribution in [0.5, 0.6) is 5.75 Å². The molecular formula is C18H23Cl2N3O. The van der Waals surface area contributed by atoms with Gasteiger partial charge in [0.25, 0.3) is 0 Å². The fourth-order valence-electron chi connectivity index (χ4n) is 2.69. The summed E-state index contributed by atoms with van der Waals surface area (Å²) in [6, 6.07) is 16.4. The van der Waals surface area contributed by atoms with E-state index in [1.165, 1.54) is 5.56 Å². The lowest BCUT2D eigenvalue weighted by molar-refractivity contribution is 0.313. The number of fused-ring (bicyclic) bond motifs is 1. The molecule has 6 heteroatoms. The Kier molecular flexibility index (Phi) is 8.05. The molecule has 1 aliphatic rings. The van der Waals surface area contributed by atoms with Gasteiger partial charge in [-0.1, -0.05) is 36.4 Å². The van der Waals surface area contributed by atoms with E-state index in [-0.39, 0.29) is 30.9 Å². The van der Waals surface area contributed by atoms with E-state index >= 15 is 0 Å². The molecular weight excluding hydrogens is 345 g/mol. The molecule has 0 bridgehead atoms. The fraction of sp³-hybridized carbons (Fsp3) is 0.278. The van der Waals surface area contributed by atoms with Crippen LogP contribution in [0, 0.1) is 0 Å². The monoisotopic (exact) mass is 367 g/mol. The maximum Gasteiger partial charge on any atom is 0.126 e. The minimum atomic E-state index is 0. The number of nitrogens with zero attached hydrogens (tertiary/aromatic N) is 1. The second-order valence-electron chi connectivity index (χ2n) is 5.45. The highest BCUT2D eigenvalue weighted by Gasteiger charge is 2.20. The smallest absolute Gasteiger partial charge is 0.126 e. The summed E-state index contributed by atoms with van der Waals surface area (Å²) >= 11 is 0. The first kappa shape index (κ1) is 20.3. The SMILES string of the molecule is Cl.Cl.NCCCOc1ccc(C2Cc3ccccc3C(N)=N2)cc1. The highest BCUT2D eigenvalue weighted by atomic mass is 35.5. The third-order valence-corrected chi connectivity index (χ3v) is 3.88. The van der Waals surface area contributed by atoms with Crippen molar-refractivity contribution in [3.63, 3.8) is 0 Å². The fourth-order valence-corrected chi connectivity index (χ4v) is 2.69. The molecule has 0 fully saturated rings. The lowest BCUT2D eigenvalue weighted by Gasteiger charge is -2.22. The van der Waals surface area contributed by atoms with Crippen molar-refractivity contribution < 1.29 is 4.74 Å². The Hall–Kier alpha value is -1.75. The molecule has 0 saturated carbocycles. The maximum absolute atomic E-state index is 6.10. The summed E-state index contributed by atoms with van der Waals surface area (Å²) in [7, 11) is 0. The van der Waals surface area contributed by atoms with Crippen LogP contribution in [-0.4, -0.2) is 19.0 Å². The Balaban J connectivity index is 0.00000144. The molecule has 0 radical (unpaired) electrons. The minimum absolute atomic E-state index is 0. The first-order chi connectivity index (χ1) is 10.8. The first-order valence-corrected chi connectivity index (χ1v) is 7.62.